The highest BCUT2D eigenvalue weighted by Gasteiger charge is 2.27. The molecule has 0 heterocycles. The number of hydrogen-bond acceptors (Lipinski definition) is 0. The summed E-state index contributed by atoms with van der Waals surface area (Å²) in [6.07, 6.45) is 25.6. The van der Waals surface area contributed by atoms with E-state index in [0.717, 1.165) is 25.7 Å². The first-order valence-corrected chi connectivity index (χ1v) is 9.10. The van der Waals surface area contributed by atoms with Crippen molar-refractivity contribution in [3.8, 4) is 0 Å². The van der Waals surface area contributed by atoms with Crippen molar-refractivity contribution in [1.82, 2.24) is 0 Å². The van der Waals surface area contributed by atoms with Gasteiger partial charge in [0, 0.05) is 5.41 Å². The van der Waals surface area contributed by atoms with Gasteiger partial charge in [-0.1, -0.05) is 88.5 Å². The zero-order valence-electron chi connectivity index (χ0n) is 15.9. The van der Waals surface area contributed by atoms with Gasteiger partial charge in [0.25, 0.3) is 0 Å². The fourth-order valence-corrected chi connectivity index (χ4v) is 2.75. The van der Waals surface area contributed by atoms with Crippen LogP contribution in [-0.4, -0.2) is 0 Å². The molecule has 0 spiro atoms. The Morgan fingerprint density at radius 1 is 0.957 bits per heavy atom. The van der Waals surface area contributed by atoms with E-state index in [2.05, 4.69) is 89.8 Å². The van der Waals surface area contributed by atoms with Gasteiger partial charge in [0.1, 0.15) is 0 Å². The molecule has 0 aromatic rings. The lowest BCUT2D eigenvalue weighted by Gasteiger charge is -2.30. The molecule has 0 rings (SSSR count). The Labute approximate surface area is 145 Å². The highest BCUT2D eigenvalue weighted by atomic mass is 14.3. The van der Waals surface area contributed by atoms with Crippen molar-refractivity contribution in [3.63, 3.8) is 0 Å². The van der Waals surface area contributed by atoms with Gasteiger partial charge in [-0.25, -0.2) is 0 Å². The Bertz CT molecular complexity index is 468. The second kappa shape index (κ2) is 12.9. The van der Waals surface area contributed by atoms with Gasteiger partial charge in [-0.05, 0) is 50.7 Å². The third-order valence-electron chi connectivity index (χ3n) is 4.02. The zero-order valence-corrected chi connectivity index (χ0v) is 15.9. The quantitative estimate of drug-likeness (QED) is 0.270. The minimum atomic E-state index is -0.0796. The van der Waals surface area contributed by atoms with Crippen LogP contribution in [0.5, 0.6) is 0 Å². The monoisotopic (exact) mass is 312 g/mol. The zero-order chi connectivity index (χ0) is 17.6. The molecule has 0 saturated heterocycles. The van der Waals surface area contributed by atoms with Crippen molar-refractivity contribution in [2.75, 3.05) is 0 Å². The van der Waals surface area contributed by atoms with Crippen LogP contribution in [0.3, 0.4) is 0 Å². The van der Waals surface area contributed by atoms with Crippen molar-refractivity contribution in [3.05, 3.63) is 72.4 Å². The molecule has 0 bridgehead atoms. The Hall–Kier alpha value is -1.56. The minimum Gasteiger partial charge on any atom is -0.0988 e. The largest absolute Gasteiger partial charge is 0.0988 e. The molecular formula is C23H36. The second-order valence-corrected chi connectivity index (χ2v) is 5.81. The van der Waals surface area contributed by atoms with E-state index in [1.54, 1.807) is 0 Å². The summed E-state index contributed by atoms with van der Waals surface area (Å²) in [4.78, 5) is 0. The predicted molar refractivity (Wildman–Crippen MR) is 108 cm³/mol. The van der Waals surface area contributed by atoms with E-state index in [1.807, 2.05) is 6.08 Å². The summed E-state index contributed by atoms with van der Waals surface area (Å²) >= 11 is 0. The highest BCUT2D eigenvalue weighted by molar-refractivity contribution is 5.44. The Morgan fingerprint density at radius 2 is 1.65 bits per heavy atom. The molecule has 0 aliphatic heterocycles. The first kappa shape index (κ1) is 21.4. The van der Waals surface area contributed by atoms with Gasteiger partial charge in [0.2, 0.25) is 0 Å². The summed E-state index contributed by atoms with van der Waals surface area (Å²) in [6, 6.07) is 0. The third kappa shape index (κ3) is 7.03. The standard InChI is InChI=1S/C23H36/c1-7-13-16-20-23(18-14-8-2,19-15-9-3)22(17-10-4)21(11-5)12-6/h8,10-11,14-17,19-20H,5,7,9,12-13,18H2,1-4,6H3. The van der Waals surface area contributed by atoms with E-state index in [9.17, 15) is 0 Å². The lowest BCUT2D eigenvalue weighted by molar-refractivity contribution is 0.598. The van der Waals surface area contributed by atoms with Gasteiger partial charge in [-0.3, -0.25) is 0 Å². The SMILES string of the molecule is C=CC(CC)=C(C=CC)C(C=CCC)(C=CCCC)CC=CC. The Balaban J connectivity index is 6.34. The average Bonchev–Trinajstić information content (AvgIpc) is 2.57. The smallest absolute Gasteiger partial charge is 0.0349 e. The van der Waals surface area contributed by atoms with Crippen LogP contribution in [0.25, 0.3) is 0 Å². The molecule has 0 heteroatoms. The maximum absolute atomic E-state index is 4.05. The highest BCUT2D eigenvalue weighted by Crippen LogP contribution is 2.40. The molecule has 0 aromatic heterocycles. The molecule has 0 fully saturated rings. The van der Waals surface area contributed by atoms with E-state index < -0.39 is 0 Å². The van der Waals surface area contributed by atoms with Crippen LogP contribution in [0.15, 0.2) is 72.4 Å². The molecule has 0 aliphatic rings. The van der Waals surface area contributed by atoms with Crippen LogP contribution >= 0.6 is 0 Å². The minimum absolute atomic E-state index is 0.0796. The van der Waals surface area contributed by atoms with Crippen molar-refractivity contribution in [1.29, 1.82) is 0 Å². The third-order valence-corrected chi connectivity index (χ3v) is 4.02. The maximum Gasteiger partial charge on any atom is 0.0349 e. The fraction of sp³-hybridized carbons (Fsp3) is 0.478. The first-order valence-electron chi connectivity index (χ1n) is 9.10. The second-order valence-electron chi connectivity index (χ2n) is 5.81. The molecule has 1 unspecified atom stereocenters. The fourth-order valence-electron chi connectivity index (χ4n) is 2.75. The van der Waals surface area contributed by atoms with Gasteiger partial charge >= 0.3 is 0 Å². The van der Waals surface area contributed by atoms with E-state index in [4.69, 9.17) is 0 Å². The van der Waals surface area contributed by atoms with Gasteiger partial charge < -0.3 is 0 Å². The van der Waals surface area contributed by atoms with Crippen LogP contribution in [0.1, 0.15) is 66.7 Å². The summed E-state index contributed by atoms with van der Waals surface area (Å²) in [7, 11) is 0. The van der Waals surface area contributed by atoms with Crippen molar-refractivity contribution in [2.24, 2.45) is 5.41 Å². The molecule has 0 nitrogen and oxygen atoms in total. The summed E-state index contributed by atoms with van der Waals surface area (Å²) in [5, 5.41) is 0. The summed E-state index contributed by atoms with van der Waals surface area (Å²) in [5.41, 5.74) is 2.62. The molecule has 0 amide bonds. The van der Waals surface area contributed by atoms with E-state index in [0.29, 0.717) is 0 Å². The van der Waals surface area contributed by atoms with Crippen molar-refractivity contribution in [2.45, 2.75) is 66.7 Å². The first-order chi connectivity index (χ1) is 11.2. The molecular weight excluding hydrogens is 276 g/mol. The van der Waals surface area contributed by atoms with E-state index in [-0.39, 0.29) is 5.41 Å². The number of unbranched alkanes of at least 4 members (excludes halogenated alkanes) is 1. The van der Waals surface area contributed by atoms with Crippen molar-refractivity contribution < 1.29 is 0 Å². The topological polar surface area (TPSA) is 0 Å². The Kier molecular flexibility index (Phi) is 12.1. The van der Waals surface area contributed by atoms with Crippen LogP contribution in [0.2, 0.25) is 0 Å². The van der Waals surface area contributed by atoms with Crippen LogP contribution < -0.4 is 0 Å². The predicted octanol–water partition coefficient (Wildman–Crippen LogP) is 7.73. The summed E-state index contributed by atoms with van der Waals surface area (Å²) < 4.78 is 0. The average molecular weight is 313 g/mol. The van der Waals surface area contributed by atoms with Gasteiger partial charge in [0.15, 0.2) is 0 Å². The van der Waals surface area contributed by atoms with Crippen LogP contribution in [-0.2, 0) is 0 Å². The van der Waals surface area contributed by atoms with Crippen LogP contribution in [0, 0.1) is 5.41 Å². The van der Waals surface area contributed by atoms with Gasteiger partial charge in [-0.2, -0.15) is 0 Å². The molecule has 0 aromatic carbocycles. The molecule has 0 radical (unpaired) electrons. The van der Waals surface area contributed by atoms with Gasteiger partial charge in [0.05, 0.1) is 0 Å². The number of allylic oxidation sites excluding steroid dienone is 11. The number of hydrogen-bond donors (Lipinski definition) is 0. The van der Waals surface area contributed by atoms with E-state index in [1.165, 1.54) is 17.6 Å². The van der Waals surface area contributed by atoms with Crippen molar-refractivity contribution >= 4 is 0 Å². The Morgan fingerprint density at radius 3 is 2.13 bits per heavy atom. The lowest BCUT2D eigenvalue weighted by Crippen LogP contribution is -2.18. The molecule has 1 atom stereocenters. The number of rotatable bonds is 11. The molecule has 0 aliphatic carbocycles. The molecule has 0 N–H and O–H groups in total. The van der Waals surface area contributed by atoms with Crippen LogP contribution in [0.4, 0.5) is 0 Å². The summed E-state index contributed by atoms with van der Waals surface area (Å²) in [6.45, 7) is 14.9. The molecule has 0 saturated carbocycles. The summed E-state index contributed by atoms with van der Waals surface area (Å²) in [5.74, 6) is 0. The molecule has 128 valence electrons. The molecule has 23 heavy (non-hydrogen) atoms. The maximum atomic E-state index is 4.05. The normalized spacial score (nSPS) is 16.6. The van der Waals surface area contributed by atoms with E-state index >= 15 is 0 Å². The van der Waals surface area contributed by atoms with Gasteiger partial charge in [-0.15, -0.1) is 0 Å². The lowest BCUT2D eigenvalue weighted by atomic mass is 9.73.